The molecular weight excluding hydrogens is 826 g/mol. The number of phosphoric ester groups is 1. The van der Waals surface area contributed by atoms with E-state index in [9.17, 15) is 19.0 Å². The van der Waals surface area contributed by atoms with Crippen LogP contribution in [-0.2, 0) is 32.7 Å². The monoisotopic (exact) mass is 916 g/mol. The molecule has 366 valence electrons. The normalized spacial score (nSPS) is 14.6. The highest BCUT2D eigenvalue weighted by Crippen LogP contribution is 2.43. The van der Waals surface area contributed by atoms with Gasteiger partial charge >= 0.3 is 19.8 Å². The Labute approximate surface area is 389 Å². The van der Waals surface area contributed by atoms with Gasteiger partial charge in [-0.3, -0.25) is 18.6 Å². The van der Waals surface area contributed by atoms with E-state index in [1.54, 1.807) is 0 Å². The lowest BCUT2D eigenvalue weighted by Gasteiger charge is -2.20. The zero-order valence-corrected chi connectivity index (χ0v) is 41.0. The standard InChI is InChI=1S/C53H90NO9P/c1-3-5-7-9-11-13-15-17-19-21-23-24-25-26-27-29-31-33-35-37-39-41-43-45-52(55)63-50(48-61-64(58,59)62-49-51(54)53(56)57)47-60-46-44-42-40-38-36-34-32-30-28-22-20-18-16-14-12-10-8-6-4-2/h5,7,11,13-14,16-17,19-20,22-24,26-27,31,33,50-51H,3-4,6,8-10,12,15,18,21,25,28-30,32,34-49,54H2,1-2H3,(H,56,57)(H,58,59)/b7-5-,13-11-,16-14-,19-17-,22-20-,24-23-,27-26-,33-31-. The molecule has 0 rings (SSSR count). The molecule has 3 unspecified atom stereocenters. The summed E-state index contributed by atoms with van der Waals surface area (Å²) in [5.41, 5.74) is 5.37. The van der Waals surface area contributed by atoms with Crippen LogP contribution in [0.25, 0.3) is 0 Å². The fourth-order valence-electron chi connectivity index (χ4n) is 6.28. The zero-order valence-electron chi connectivity index (χ0n) is 40.1. The van der Waals surface area contributed by atoms with Gasteiger partial charge in [-0.2, -0.15) is 0 Å². The summed E-state index contributed by atoms with van der Waals surface area (Å²) in [6, 6.07) is -1.48. The summed E-state index contributed by atoms with van der Waals surface area (Å²) in [5, 5.41) is 8.93. The van der Waals surface area contributed by atoms with Gasteiger partial charge in [0.25, 0.3) is 0 Å². The quantitative estimate of drug-likeness (QED) is 0.0233. The van der Waals surface area contributed by atoms with Crippen molar-refractivity contribution in [2.24, 2.45) is 5.73 Å². The van der Waals surface area contributed by atoms with E-state index >= 15 is 0 Å². The van der Waals surface area contributed by atoms with E-state index in [1.165, 1.54) is 64.2 Å². The minimum atomic E-state index is -4.64. The molecule has 0 aromatic rings. The molecule has 0 aliphatic carbocycles. The molecule has 0 bridgehead atoms. The summed E-state index contributed by atoms with van der Waals surface area (Å²) in [6.45, 7) is 3.70. The molecule has 3 atom stereocenters. The first kappa shape index (κ1) is 60.9. The number of nitrogens with two attached hydrogens (primary N) is 1. The summed E-state index contributed by atoms with van der Waals surface area (Å²) in [7, 11) is -4.64. The summed E-state index contributed by atoms with van der Waals surface area (Å²) < 4.78 is 33.5. The number of allylic oxidation sites excluding steroid dienone is 16. The second kappa shape index (κ2) is 47.8. The van der Waals surface area contributed by atoms with E-state index < -0.39 is 45.1 Å². The number of carbonyl (C=O) groups excluding carboxylic acids is 1. The fourth-order valence-corrected chi connectivity index (χ4v) is 7.06. The van der Waals surface area contributed by atoms with Crippen molar-refractivity contribution >= 4 is 19.8 Å². The molecule has 0 radical (unpaired) electrons. The molecule has 0 fully saturated rings. The van der Waals surface area contributed by atoms with Crippen LogP contribution in [0.15, 0.2) is 97.2 Å². The third-order valence-corrected chi connectivity index (χ3v) is 11.0. The summed E-state index contributed by atoms with van der Waals surface area (Å²) in [4.78, 5) is 33.7. The predicted molar refractivity (Wildman–Crippen MR) is 267 cm³/mol. The first-order chi connectivity index (χ1) is 31.2. The number of carboxylic acid groups (broad SMARTS) is 1. The highest BCUT2D eigenvalue weighted by Gasteiger charge is 2.27. The van der Waals surface area contributed by atoms with Crippen molar-refractivity contribution in [3.05, 3.63) is 97.2 Å². The topological polar surface area (TPSA) is 155 Å². The molecule has 11 heteroatoms. The van der Waals surface area contributed by atoms with Crippen LogP contribution in [0.5, 0.6) is 0 Å². The molecule has 0 aromatic carbocycles. The maximum absolute atomic E-state index is 12.7. The van der Waals surface area contributed by atoms with Crippen LogP contribution < -0.4 is 5.73 Å². The van der Waals surface area contributed by atoms with Crippen molar-refractivity contribution in [1.29, 1.82) is 0 Å². The van der Waals surface area contributed by atoms with Crippen LogP contribution in [-0.4, -0.2) is 60.5 Å². The Hall–Kier alpha value is -3.11. The molecule has 0 aromatic heterocycles. The Kier molecular flexibility index (Phi) is 45.5. The van der Waals surface area contributed by atoms with Crippen molar-refractivity contribution in [2.45, 2.75) is 199 Å². The van der Waals surface area contributed by atoms with Gasteiger partial charge in [0, 0.05) is 13.0 Å². The number of unbranched alkanes of at least 4 members (excludes halogenated alkanes) is 16. The fraction of sp³-hybridized carbons (Fsp3) is 0.660. The lowest BCUT2D eigenvalue weighted by molar-refractivity contribution is -0.154. The molecule has 0 aliphatic heterocycles. The van der Waals surface area contributed by atoms with Gasteiger partial charge in [0.05, 0.1) is 19.8 Å². The van der Waals surface area contributed by atoms with E-state index in [2.05, 4.69) is 111 Å². The Morgan fingerprint density at radius 3 is 1.36 bits per heavy atom. The van der Waals surface area contributed by atoms with Gasteiger partial charge in [-0.05, 0) is 96.3 Å². The molecule has 64 heavy (non-hydrogen) atoms. The molecular formula is C53H90NO9P. The largest absolute Gasteiger partial charge is 0.480 e. The van der Waals surface area contributed by atoms with Gasteiger partial charge in [-0.1, -0.05) is 182 Å². The number of esters is 1. The maximum atomic E-state index is 12.7. The predicted octanol–water partition coefficient (Wildman–Crippen LogP) is 14.5. The smallest absolute Gasteiger partial charge is 0.472 e. The minimum absolute atomic E-state index is 0.00385. The van der Waals surface area contributed by atoms with E-state index in [1.807, 2.05) is 0 Å². The average molecular weight is 916 g/mol. The molecule has 0 amide bonds. The van der Waals surface area contributed by atoms with Gasteiger partial charge in [-0.25, -0.2) is 4.57 Å². The van der Waals surface area contributed by atoms with E-state index in [0.717, 1.165) is 96.3 Å². The summed E-state index contributed by atoms with van der Waals surface area (Å²) in [5.74, 6) is -1.81. The van der Waals surface area contributed by atoms with Crippen LogP contribution in [0, 0.1) is 0 Å². The van der Waals surface area contributed by atoms with Crippen LogP contribution in [0.3, 0.4) is 0 Å². The van der Waals surface area contributed by atoms with Gasteiger partial charge in [0.1, 0.15) is 12.1 Å². The molecule has 0 heterocycles. The summed E-state index contributed by atoms with van der Waals surface area (Å²) >= 11 is 0. The first-order valence-corrected chi connectivity index (χ1v) is 26.3. The number of carboxylic acids is 1. The SMILES string of the molecule is CC/C=C\C/C=C\C/C=C\C/C=C\C/C=C\C/C=C\CCCCCCC(=O)OC(COCCCCCCCCCC/C=C\C/C=C\CCCCCC)COP(=O)(O)OCC(N)C(=O)O. The Morgan fingerprint density at radius 2 is 0.906 bits per heavy atom. The van der Waals surface area contributed by atoms with Crippen molar-refractivity contribution in [2.75, 3.05) is 26.4 Å². The number of rotatable bonds is 46. The van der Waals surface area contributed by atoms with Crippen molar-refractivity contribution in [1.82, 2.24) is 0 Å². The van der Waals surface area contributed by atoms with Gasteiger partial charge in [0.15, 0.2) is 0 Å². The first-order valence-electron chi connectivity index (χ1n) is 24.8. The number of hydrogen-bond donors (Lipinski definition) is 3. The van der Waals surface area contributed by atoms with Crippen LogP contribution in [0.2, 0.25) is 0 Å². The molecule has 4 N–H and O–H groups in total. The molecule has 0 saturated heterocycles. The Bertz CT molecular complexity index is 1380. The number of hydrogen-bond acceptors (Lipinski definition) is 8. The second-order valence-electron chi connectivity index (χ2n) is 16.2. The Balaban J connectivity index is 4.27. The van der Waals surface area contributed by atoms with Gasteiger partial charge < -0.3 is 25.2 Å². The molecule has 10 nitrogen and oxygen atoms in total. The second-order valence-corrected chi connectivity index (χ2v) is 17.7. The van der Waals surface area contributed by atoms with Crippen LogP contribution in [0.1, 0.15) is 187 Å². The van der Waals surface area contributed by atoms with Crippen LogP contribution in [0.4, 0.5) is 0 Å². The zero-order chi connectivity index (χ0) is 46.9. The van der Waals surface area contributed by atoms with Crippen LogP contribution >= 0.6 is 7.82 Å². The number of carbonyl (C=O) groups is 2. The average Bonchev–Trinajstić information content (AvgIpc) is 3.28. The third kappa shape index (κ3) is 46.9. The summed E-state index contributed by atoms with van der Waals surface area (Å²) in [6.07, 6.45) is 63.1. The number of aliphatic carboxylic acids is 1. The van der Waals surface area contributed by atoms with Crippen molar-refractivity contribution < 1.29 is 42.7 Å². The highest BCUT2D eigenvalue weighted by molar-refractivity contribution is 7.47. The Morgan fingerprint density at radius 1 is 0.516 bits per heavy atom. The molecule has 0 spiro atoms. The lowest BCUT2D eigenvalue weighted by atomic mass is 10.1. The molecule has 0 aliphatic rings. The number of ether oxygens (including phenoxy) is 2. The van der Waals surface area contributed by atoms with E-state index in [-0.39, 0.29) is 13.0 Å². The van der Waals surface area contributed by atoms with E-state index in [0.29, 0.717) is 13.0 Å². The lowest BCUT2D eigenvalue weighted by Crippen LogP contribution is -2.34. The van der Waals surface area contributed by atoms with Crippen molar-refractivity contribution in [3.8, 4) is 0 Å². The van der Waals surface area contributed by atoms with Gasteiger partial charge in [-0.15, -0.1) is 0 Å². The third-order valence-electron chi connectivity index (χ3n) is 10.1. The van der Waals surface area contributed by atoms with E-state index in [4.69, 9.17) is 29.4 Å². The molecule has 0 saturated carbocycles. The number of phosphoric acid groups is 1. The minimum Gasteiger partial charge on any atom is -0.480 e. The maximum Gasteiger partial charge on any atom is 0.472 e. The van der Waals surface area contributed by atoms with Crippen molar-refractivity contribution in [3.63, 3.8) is 0 Å². The van der Waals surface area contributed by atoms with Gasteiger partial charge in [0.2, 0.25) is 0 Å². The highest BCUT2D eigenvalue weighted by atomic mass is 31.2.